The molecule has 2 amide bonds. The summed E-state index contributed by atoms with van der Waals surface area (Å²) in [5.74, 6) is -1.22. The van der Waals surface area contributed by atoms with Crippen molar-refractivity contribution >= 4 is 18.0 Å². The summed E-state index contributed by atoms with van der Waals surface area (Å²) in [5, 5.41) is 14.8. The van der Waals surface area contributed by atoms with Crippen LogP contribution in [0.25, 0.3) is 0 Å². The van der Waals surface area contributed by atoms with Crippen LogP contribution >= 0.6 is 0 Å². The fourth-order valence-electron chi connectivity index (χ4n) is 2.12. The van der Waals surface area contributed by atoms with Gasteiger partial charge in [-0.05, 0) is 11.5 Å². The lowest BCUT2D eigenvalue weighted by Crippen LogP contribution is -2.46. The van der Waals surface area contributed by atoms with Crippen molar-refractivity contribution in [3.8, 4) is 0 Å². The fraction of sp³-hybridized carbons (Fsp3) is 0.500. The maximum absolute atomic E-state index is 11.9. The number of esters is 1. The van der Waals surface area contributed by atoms with Gasteiger partial charge in [0.05, 0.1) is 19.6 Å². The van der Waals surface area contributed by atoms with Crippen LogP contribution in [0.3, 0.4) is 0 Å². The number of hydrogen-bond acceptors (Lipinski definition) is 6. The first-order valence-corrected chi connectivity index (χ1v) is 8.33. The normalized spacial score (nSPS) is 12.8. The summed E-state index contributed by atoms with van der Waals surface area (Å²) in [5.41, 5.74) is 0.838. The third-order valence-electron chi connectivity index (χ3n) is 3.55. The van der Waals surface area contributed by atoms with Crippen LogP contribution < -0.4 is 10.6 Å². The second kappa shape index (κ2) is 11.1. The molecule has 0 fully saturated rings. The highest BCUT2D eigenvalue weighted by Crippen LogP contribution is 2.05. The Morgan fingerprint density at radius 1 is 1.15 bits per heavy atom. The Balaban J connectivity index is 2.31. The topological polar surface area (TPSA) is 114 Å². The molecule has 0 aliphatic heterocycles. The summed E-state index contributed by atoms with van der Waals surface area (Å²) in [6.07, 6.45) is -2.06. The molecule has 26 heavy (non-hydrogen) atoms. The van der Waals surface area contributed by atoms with Gasteiger partial charge < -0.3 is 25.2 Å². The summed E-state index contributed by atoms with van der Waals surface area (Å²) < 4.78 is 9.63. The van der Waals surface area contributed by atoms with E-state index in [1.165, 1.54) is 7.11 Å². The molecule has 0 radical (unpaired) electrons. The Hall–Kier alpha value is -2.61. The average molecular weight is 366 g/mol. The zero-order valence-electron chi connectivity index (χ0n) is 15.2. The van der Waals surface area contributed by atoms with Gasteiger partial charge in [-0.25, -0.2) is 9.59 Å². The maximum Gasteiger partial charge on any atom is 0.407 e. The van der Waals surface area contributed by atoms with Crippen molar-refractivity contribution in [3.05, 3.63) is 35.9 Å². The largest absolute Gasteiger partial charge is 0.467 e. The number of benzene rings is 1. The molecule has 2 atom stereocenters. The lowest BCUT2D eigenvalue weighted by molar-refractivity contribution is -0.146. The highest BCUT2D eigenvalue weighted by atomic mass is 16.5. The second-order valence-electron chi connectivity index (χ2n) is 6.11. The van der Waals surface area contributed by atoms with Gasteiger partial charge in [-0.3, -0.25) is 4.79 Å². The molecule has 1 aromatic rings. The SMILES string of the molecule is COC(=O)[C@H](NC(=O)C[C@H](O)CNC(=O)OCc1ccccc1)C(C)C. The molecule has 0 bridgehead atoms. The molecular weight excluding hydrogens is 340 g/mol. The van der Waals surface area contributed by atoms with Gasteiger partial charge in [-0.2, -0.15) is 0 Å². The minimum Gasteiger partial charge on any atom is -0.467 e. The van der Waals surface area contributed by atoms with Gasteiger partial charge in [0.2, 0.25) is 5.91 Å². The smallest absolute Gasteiger partial charge is 0.407 e. The molecule has 0 saturated carbocycles. The summed E-state index contributed by atoms with van der Waals surface area (Å²) >= 11 is 0. The lowest BCUT2D eigenvalue weighted by Gasteiger charge is -2.20. The fourth-order valence-corrected chi connectivity index (χ4v) is 2.12. The van der Waals surface area contributed by atoms with Crippen LogP contribution in [0.1, 0.15) is 25.8 Å². The molecule has 0 spiro atoms. The monoisotopic (exact) mass is 366 g/mol. The van der Waals surface area contributed by atoms with Crippen molar-refractivity contribution in [3.63, 3.8) is 0 Å². The molecule has 8 nitrogen and oxygen atoms in total. The van der Waals surface area contributed by atoms with Crippen molar-refractivity contribution in [2.24, 2.45) is 5.92 Å². The first-order chi connectivity index (χ1) is 12.3. The standard InChI is InChI=1S/C18H26N2O6/c1-12(2)16(17(23)25-3)20-15(22)9-14(21)10-19-18(24)26-11-13-7-5-4-6-8-13/h4-8,12,14,16,21H,9-11H2,1-3H3,(H,19,24)(H,20,22)/t14-,16+/m0/s1. The first-order valence-electron chi connectivity index (χ1n) is 8.33. The molecule has 1 aromatic carbocycles. The van der Waals surface area contributed by atoms with E-state index in [0.29, 0.717) is 0 Å². The first kappa shape index (κ1) is 21.4. The van der Waals surface area contributed by atoms with E-state index in [1.807, 2.05) is 30.3 Å². The van der Waals surface area contributed by atoms with Crippen molar-refractivity contribution in [1.29, 1.82) is 0 Å². The summed E-state index contributed by atoms with van der Waals surface area (Å²) in [6, 6.07) is 8.37. The average Bonchev–Trinajstić information content (AvgIpc) is 2.62. The maximum atomic E-state index is 11.9. The summed E-state index contributed by atoms with van der Waals surface area (Å²) in [6.45, 7) is 3.50. The molecule has 3 N–H and O–H groups in total. The zero-order valence-corrected chi connectivity index (χ0v) is 15.2. The molecule has 144 valence electrons. The van der Waals surface area contributed by atoms with E-state index in [0.717, 1.165) is 5.56 Å². The molecule has 0 aromatic heterocycles. The van der Waals surface area contributed by atoms with E-state index in [2.05, 4.69) is 15.4 Å². The number of aliphatic hydroxyl groups excluding tert-OH is 1. The molecule has 0 aliphatic carbocycles. The number of hydrogen-bond donors (Lipinski definition) is 3. The number of nitrogens with one attached hydrogen (secondary N) is 2. The molecule has 1 rings (SSSR count). The third-order valence-corrected chi connectivity index (χ3v) is 3.55. The van der Waals surface area contributed by atoms with E-state index < -0.39 is 30.1 Å². The van der Waals surface area contributed by atoms with Crippen molar-refractivity contribution < 1.29 is 29.0 Å². The Morgan fingerprint density at radius 2 is 1.81 bits per heavy atom. The predicted molar refractivity (Wildman–Crippen MR) is 94.0 cm³/mol. The number of carbonyl (C=O) groups excluding carboxylic acids is 3. The quantitative estimate of drug-likeness (QED) is 0.561. The number of carbonyl (C=O) groups is 3. The predicted octanol–water partition coefficient (Wildman–Crippen LogP) is 0.978. The van der Waals surface area contributed by atoms with Crippen LogP contribution in [0.5, 0.6) is 0 Å². The van der Waals surface area contributed by atoms with E-state index in [4.69, 9.17) is 4.74 Å². The molecule has 0 aliphatic rings. The molecule has 0 heterocycles. The van der Waals surface area contributed by atoms with Crippen molar-refractivity contribution in [1.82, 2.24) is 10.6 Å². The van der Waals surface area contributed by atoms with Crippen LogP contribution in [0.4, 0.5) is 4.79 Å². The van der Waals surface area contributed by atoms with Crippen LogP contribution in [-0.2, 0) is 25.7 Å². The second-order valence-corrected chi connectivity index (χ2v) is 6.11. The number of methoxy groups -OCH3 is 1. The van der Waals surface area contributed by atoms with Crippen LogP contribution in [0, 0.1) is 5.92 Å². The van der Waals surface area contributed by atoms with Crippen LogP contribution in [0.2, 0.25) is 0 Å². The minimum atomic E-state index is -1.11. The van der Waals surface area contributed by atoms with Gasteiger partial charge in [-0.15, -0.1) is 0 Å². The lowest BCUT2D eigenvalue weighted by atomic mass is 10.0. The summed E-state index contributed by atoms with van der Waals surface area (Å²) in [7, 11) is 1.24. The van der Waals surface area contributed by atoms with Gasteiger partial charge in [0.1, 0.15) is 12.6 Å². The highest BCUT2D eigenvalue weighted by Gasteiger charge is 2.25. The van der Waals surface area contributed by atoms with Gasteiger partial charge in [0.15, 0.2) is 0 Å². The Bertz CT molecular complexity index is 591. The number of ether oxygens (including phenoxy) is 2. The molecule has 8 heteroatoms. The van der Waals surface area contributed by atoms with Crippen LogP contribution in [0.15, 0.2) is 30.3 Å². The highest BCUT2D eigenvalue weighted by molar-refractivity contribution is 5.84. The van der Waals surface area contributed by atoms with E-state index in [9.17, 15) is 19.5 Å². The van der Waals surface area contributed by atoms with Crippen LogP contribution in [-0.4, -0.2) is 48.9 Å². The molecule has 0 unspecified atom stereocenters. The van der Waals surface area contributed by atoms with Crippen molar-refractivity contribution in [2.45, 2.75) is 39.0 Å². The number of amides is 2. The van der Waals surface area contributed by atoms with Gasteiger partial charge in [-0.1, -0.05) is 44.2 Å². The van der Waals surface area contributed by atoms with Gasteiger partial charge >= 0.3 is 12.1 Å². The molecule has 0 saturated heterocycles. The number of alkyl carbamates (subject to hydrolysis) is 1. The van der Waals surface area contributed by atoms with Gasteiger partial charge in [0, 0.05) is 6.54 Å². The van der Waals surface area contributed by atoms with E-state index in [-0.39, 0.29) is 25.5 Å². The zero-order chi connectivity index (χ0) is 19.5. The third kappa shape index (κ3) is 7.98. The Morgan fingerprint density at radius 3 is 2.38 bits per heavy atom. The van der Waals surface area contributed by atoms with E-state index >= 15 is 0 Å². The number of rotatable bonds is 9. The molecular formula is C18H26N2O6. The summed E-state index contributed by atoms with van der Waals surface area (Å²) in [4.78, 5) is 35.1. The minimum absolute atomic E-state index is 0.110. The number of aliphatic hydroxyl groups is 1. The Labute approximate surface area is 152 Å². The Kier molecular flexibility index (Phi) is 9.14. The van der Waals surface area contributed by atoms with E-state index in [1.54, 1.807) is 13.8 Å². The van der Waals surface area contributed by atoms with Gasteiger partial charge in [0.25, 0.3) is 0 Å². The van der Waals surface area contributed by atoms with Crippen molar-refractivity contribution in [2.75, 3.05) is 13.7 Å².